The lowest BCUT2D eigenvalue weighted by atomic mass is 10.2. The largest absolute Gasteiger partial charge is 0.361 e. The van der Waals surface area contributed by atoms with Crippen molar-refractivity contribution in [3.05, 3.63) is 65.1 Å². The van der Waals surface area contributed by atoms with E-state index in [0.29, 0.717) is 11.3 Å². The SMILES string of the molecule is Cc1noc(C)c1CSc1ccccc1C(=O)N(C)Cc1nccn1C(F)F. The van der Waals surface area contributed by atoms with E-state index in [-0.39, 0.29) is 18.3 Å². The molecule has 1 amide bonds. The monoisotopic (exact) mass is 406 g/mol. The molecule has 0 fully saturated rings. The first kappa shape index (κ1) is 20.1. The van der Waals surface area contributed by atoms with Gasteiger partial charge in [0.15, 0.2) is 0 Å². The van der Waals surface area contributed by atoms with Crippen molar-refractivity contribution in [1.82, 2.24) is 19.6 Å². The number of amides is 1. The molecule has 3 rings (SSSR count). The fourth-order valence-corrected chi connectivity index (χ4v) is 3.96. The summed E-state index contributed by atoms with van der Waals surface area (Å²) in [6.07, 6.45) is 2.50. The van der Waals surface area contributed by atoms with Gasteiger partial charge in [-0.2, -0.15) is 8.78 Å². The highest BCUT2D eigenvalue weighted by molar-refractivity contribution is 7.98. The molecule has 148 valence electrons. The Morgan fingerprint density at radius 3 is 2.75 bits per heavy atom. The van der Waals surface area contributed by atoms with Crippen molar-refractivity contribution < 1.29 is 18.1 Å². The van der Waals surface area contributed by atoms with E-state index in [1.165, 1.54) is 29.1 Å². The van der Waals surface area contributed by atoms with E-state index in [9.17, 15) is 13.6 Å². The maximum atomic E-state index is 13.0. The molecule has 9 heteroatoms. The summed E-state index contributed by atoms with van der Waals surface area (Å²) in [5.74, 6) is 1.24. The van der Waals surface area contributed by atoms with Gasteiger partial charge in [-0.25, -0.2) is 4.98 Å². The lowest BCUT2D eigenvalue weighted by Gasteiger charge is -2.19. The number of thioether (sulfide) groups is 1. The number of aryl methyl sites for hydroxylation is 2. The number of carbonyl (C=O) groups excluding carboxylic acids is 1. The summed E-state index contributed by atoms with van der Waals surface area (Å²) in [6.45, 7) is 1.02. The van der Waals surface area contributed by atoms with Crippen molar-refractivity contribution in [3.8, 4) is 0 Å². The molecular weight excluding hydrogens is 386 g/mol. The lowest BCUT2D eigenvalue weighted by molar-refractivity contribution is 0.0611. The van der Waals surface area contributed by atoms with E-state index in [4.69, 9.17) is 4.52 Å². The van der Waals surface area contributed by atoms with Crippen LogP contribution < -0.4 is 0 Å². The molecule has 0 bridgehead atoms. The minimum absolute atomic E-state index is 0.0148. The van der Waals surface area contributed by atoms with Gasteiger partial charge >= 0.3 is 6.55 Å². The van der Waals surface area contributed by atoms with Crippen LogP contribution in [-0.4, -0.2) is 32.6 Å². The summed E-state index contributed by atoms with van der Waals surface area (Å²) < 4.78 is 31.9. The summed E-state index contributed by atoms with van der Waals surface area (Å²) in [5.41, 5.74) is 2.33. The molecule has 0 spiro atoms. The lowest BCUT2D eigenvalue weighted by Crippen LogP contribution is -2.28. The number of nitrogens with zero attached hydrogens (tertiary/aromatic N) is 4. The van der Waals surface area contributed by atoms with Gasteiger partial charge in [0.05, 0.1) is 17.8 Å². The average molecular weight is 406 g/mol. The third kappa shape index (κ3) is 4.24. The van der Waals surface area contributed by atoms with Crippen LogP contribution in [0.2, 0.25) is 0 Å². The van der Waals surface area contributed by atoms with Crippen LogP contribution in [0, 0.1) is 13.8 Å². The molecule has 1 aromatic carbocycles. The first-order valence-electron chi connectivity index (χ1n) is 8.57. The second kappa shape index (κ2) is 8.55. The predicted octanol–water partition coefficient (Wildman–Crippen LogP) is 4.45. The second-order valence-corrected chi connectivity index (χ2v) is 7.29. The average Bonchev–Trinajstić information content (AvgIpc) is 3.26. The number of imidazole rings is 1. The molecule has 0 aliphatic rings. The zero-order chi connectivity index (χ0) is 20.3. The van der Waals surface area contributed by atoms with Gasteiger partial charge in [0, 0.05) is 35.7 Å². The minimum atomic E-state index is -2.70. The van der Waals surface area contributed by atoms with Crippen molar-refractivity contribution in [2.45, 2.75) is 37.6 Å². The Balaban J connectivity index is 1.75. The fourth-order valence-electron chi connectivity index (χ4n) is 2.76. The van der Waals surface area contributed by atoms with Crippen molar-refractivity contribution in [3.63, 3.8) is 0 Å². The number of halogens is 2. The van der Waals surface area contributed by atoms with Crippen LogP contribution in [0.25, 0.3) is 0 Å². The number of benzene rings is 1. The molecule has 6 nitrogen and oxygen atoms in total. The van der Waals surface area contributed by atoms with Crippen molar-refractivity contribution in [1.29, 1.82) is 0 Å². The molecule has 0 aliphatic carbocycles. The number of hydrogen-bond acceptors (Lipinski definition) is 5. The van der Waals surface area contributed by atoms with E-state index < -0.39 is 6.55 Å². The topological polar surface area (TPSA) is 64.2 Å². The zero-order valence-corrected chi connectivity index (χ0v) is 16.5. The smallest absolute Gasteiger partial charge is 0.319 e. The quantitative estimate of drug-likeness (QED) is 0.543. The van der Waals surface area contributed by atoms with Gasteiger partial charge in [-0.05, 0) is 26.0 Å². The van der Waals surface area contributed by atoms with E-state index in [1.807, 2.05) is 26.0 Å². The van der Waals surface area contributed by atoms with Gasteiger partial charge < -0.3 is 9.42 Å². The van der Waals surface area contributed by atoms with Gasteiger partial charge in [0.1, 0.15) is 11.6 Å². The van der Waals surface area contributed by atoms with Crippen LogP contribution in [0.15, 0.2) is 46.1 Å². The molecule has 0 unspecified atom stereocenters. The zero-order valence-electron chi connectivity index (χ0n) is 15.7. The van der Waals surface area contributed by atoms with Crippen LogP contribution in [-0.2, 0) is 12.3 Å². The summed E-state index contributed by atoms with van der Waals surface area (Å²) in [4.78, 5) is 19.0. The Labute approximate surface area is 165 Å². The summed E-state index contributed by atoms with van der Waals surface area (Å²) >= 11 is 1.51. The van der Waals surface area contributed by atoms with Gasteiger partial charge in [-0.15, -0.1) is 11.8 Å². The van der Waals surface area contributed by atoms with Crippen molar-refractivity contribution >= 4 is 17.7 Å². The first-order chi connectivity index (χ1) is 13.4. The molecular formula is C19H20F2N4O2S. The standard InChI is InChI=1S/C19H20F2N4O2S/c1-12-15(13(2)27-23-12)11-28-16-7-5-4-6-14(16)18(26)24(3)10-17-22-8-9-25(17)19(20)21/h4-9,19H,10-11H2,1-3H3. The minimum Gasteiger partial charge on any atom is -0.361 e. The van der Waals surface area contributed by atoms with E-state index in [2.05, 4.69) is 10.1 Å². The van der Waals surface area contributed by atoms with Crippen LogP contribution in [0.1, 0.15) is 39.7 Å². The highest BCUT2D eigenvalue weighted by Crippen LogP contribution is 2.29. The third-order valence-electron chi connectivity index (χ3n) is 4.36. The molecule has 28 heavy (non-hydrogen) atoms. The molecule has 0 saturated carbocycles. The van der Waals surface area contributed by atoms with Crippen LogP contribution >= 0.6 is 11.8 Å². The van der Waals surface area contributed by atoms with Crippen molar-refractivity contribution in [2.75, 3.05) is 7.05 Å². The van der Waals surface area contributed by atoms with E-state index >= 15 is 0 Å². The molecule has 2 heterocycles. The van der Waals surface area contributed by atoms with E-state index in [1.54, 1.807) is 19.2 Å². The molecule has 0 N–H and O–H groups in total. The fraction of sp³-hybridized carbons (Fsp3) is 0.316. The molecule has 0 saturated heterocycles. The highest BCUT2D eigenvalue weighted by atomic mass is 32.2. The van der Waals surface area contributed by atoms with E-state index in [0.717, 1.165) is 26.5 Å². The summed E-state index contributed by atoms with van der Waals surface area (Å²) in [6, 6.07) is 7.23. The van der Waals surface area contributed by atoms with Gasteiger partial charge in [-0.3, -0.25) is 9.36 Å². The summed E-state index contributed by atoms with van der Waals surface area (Å²) in [5, 5.41) is 3.94. The van der Waals surface area contributed by atoms with Crippen LogP contribution in [0.5, 0.6) is 0 Å². The maximum Gasteiger partial charge on any atom is 0.319 e. The van der Waals surface area contributed by atoms with Crippen LogP contribution in [0.3, 0.4) is 0 Å². The number of carbonyl (C=O) groups is 1. The number of hydrogen-bond donors (Lipinski definition) is 0. The molecule has 0 aliphatic heterocycles. The molecule has 0 radical (unpaired) electrons. The molecule has 0 atom stereocenters. The van der Waals surface area contributed by atoms with Gasteiger partial charge in [-0.1, -0.05) is 17.3 Å². The Morgan fingerprint density at radius 2 is 2.07 bits per heavy atom. The van der Waals surface area contributed by atoms with Gasteiger partial charge in [0.25, 0.3) is 5.91 Å². The Kier molecular flexibility index (Phi) is 6.13. The Morgan fingerprint density at radius 1 is 1.32 bits per heavy atom. The number of aromatic nitrogens is 3. The number of rotatable bonds is 7. The third-order valence-corrected chi connectivity index (χ3v) is 5.46. The normalized spacial score (nSPS) is 11.2. The van der Waals surface area contributed by atoms with Crippen molar-refractivity contribution in [2.24, 2.45) is 0 Å². The summed E-state index contributed by atoms with van der Waals surface area (Å²) in [7, 11) is 1.57. The Hall–Kier alpha value is -2.68. The molecule has 3 aromatic rings. The number of alkyl halides is 2. The van der Waals surface area contributed by atoms with Gasteiger partial charge in [0.2, 0.25) is 0 Å². The Bertz CT molecular complexity index is 951. The highest BCUT2D eigenvalue weighted by Gasteiger charge is 2.20. The maximum absolute atomic E-state index is 13.0. The predicted molar refractivity (Wildman–Crippen MR) is 101 cm³/mol. The first-order valence-corrected chi connectivity index (χ1v) is 9.56. The second-order valence-electron chi connectivity index (χ2n) is 6.28. The van der Waals surface area contributed by atoms with Crippen LogP contribution in [0.4, 0.5) is 8.78 Å². The molecule has 2 aromatic heterocycles.